The first-order chi connectivity index (χ1) is 14.4. The molecule has 0 spiro atoms. The molecule has 1 aromatic rings. The van der Waals surface area contributed by atoms with Crippen LogP contribution in [0, 0.1) is 11.8 Å². The van der Waals surface area contributed by atoms with E-state index in [0.29, 0.717) is 5.56 Å². The fourth-order valence-electron chi connectivity index (χ4n) is 5.48. The molecular weight excluding hydrogens is 404 g/mol. The molecule has 0 aromatic heterocycles. The van der Waals surface area contributed by atoms with Crippen LogP contribution in [0.1, 0.15) is 28.8 Å². The second-order valence-electron chi connectivity index (χ2n) is 8.69. The number of aliphatic hydroxyl groups is 3. The third-order valence-electron chi connectivity index (χ3n) is 6.85. The Bertz CT molecular complexity index is 1090. The van der Waals surface area contributed by atoms with Crippen LogP contribution in [-0.2, 0) is 9.59 Å². The maximum atomic E-state index is 13.3. The summed E-state index contributed by atoms with van der Waals surface area (Å²) in [6.07, 6.45) is -0.322. The van der Waals surface area contributed by atoms with E-state index in [4.69, 9.17) is 5.73 Å². The number of fused-ring (bicyclic) bond motifs is 3. The summed E-state index contributed by atoms with van der Waals surface area (Å²) >= 11 is 0. The molecule has 6 N–H and O–H groups in total. The molecule has 0 saturated heterocycles. The first kappa shape index (κ1) is 21.2. The number of Topliss-reactive ketones (excluding diaryl/α,β-unsaturated/α-hetero) is 2. The zero-order valence-corrected chi connectivity index (χ0v) is 17.2. The molecule has 3 aliphatic rings. The molecule has 0 saturated carbocycles. The Morgan fingerprint density at radius 1 is 1.19 bits per heavy atom. The minimum absolute atomic E-state index is 0.00465. The number of benzene rings is 1. The molecule has 1 aromatic carbocycles. The summed E-state index contributed by atoms with van der Waals surface area (Å²) in [6, 6.07) is 3.47. The summed E-state index contributed by atoms with van der Waals surface area (Å²) in [4.78, 5) is 39.6. The summed E-state index contributed by atoms with van der Waals surface area (Å²) in [5.41, 5.74) is 2.75. The van der Waals surface area contributed by atoms with Crippen LogP contribution in [0.3, 0.4) is 0 Å². The maximum Gasteiger partial charge on any atom is 0.255 e. The van der Waals surface area contributed by atoms with Crippen LogP contribution in [-0.4, -0.2) is 74.6 Å². The van der Waals surface area contributed by atoms with Gasteiger partial charge in [0.05, 0.1) is 17.7 Å². The molecule has 9 nitrogen and oxygen atoms in total. The van der Waals surface area contributed by atoms with E-state index in [1.807, 2.05) is 0 Å². The molecule has 0 radical (unpaired) electrons. The number of carbonyl (C=O) groups is 3. The van der Waals surface area contributed by atoms with Crippen LogP contribution in [0.15, 0.2) is 41.2 Å². The van der Waals surface area contributed by atoms with Crippen molar-refractivity contribution in [2.24, 2.45) is 17.6 Å². The molecule has 2 unspecified atom stereocenters. The standard InChI is InChI=1S/C22H24N2O7/c1-8-9-5-4-6-11(25)13(9)17(26)10-7-22(31)15(18(27)12(8)10)16(24(2)3)19(28)14(20(22)29)21(23)30/h4-8,12,15-16,18,25,27,29,31H,1-3H3,(H2,23,30)/t8-,12?,15?,16-,18-,22+/m0/s1. The normalized spacial score (nSPS) is 34.8. The van der Waals surface area contributed by atoms with Crippen molar-refractivity contribution in [1.82, 2.24) is 4.90 Å². The largest absolute Gasteiger partial charge is 0.508 e. The predicted molar refractivity (Wildman–Crippen MR) is 108 cm³/mol. The number of phenolic OH excluding ortho intramolecular Hbond substituents is 1. The van der Waals surface area contributed by atoms with Gasteiger partial charge in [0.2, 0.25) is 0 Å². The lowest BCUT2D eigenvalue weighted by atomic mass is 9.56. The molecule has 9 heteroatoms. The van der Waals surface area contributed by atoms with Gasteiger partial charge in [0.15, 0.2) is 11.6 Å². The highest BCUT2D eigenvalue weighted by atomic mass is 16.3. The van der Waals surface area contributed by atoms with Gasteiger partial charge < -0.3 is 26.2 Å². The number of hydrogen-bond donors (Lipinski definition) is 5. The lowest BCUT2D eigenvalue weighted by Crippen LogP contribution is -2.66. The van der Waals surface area contributed by atoms with E-state index in [9.17, 15) is 34.8 Å². The summed E-state index contributed by atoms with van der Waals surface area (Å²) < 4.78 is 0. The molecule has 164 valence electrons. The van der Waals surface area contributed by atoms with Crippen LogP contribution < -0.4 is 5.73 Å². The van der Waals surface area contributed by atoms with Crippen molar-refractivity contribution in [2.45, 2.75) is 30.6 Å². The fraction of sp³-hybridized carbons (Fsp3) is 0.409. The molecule has 0 bridgehead atoms. The van der Waals surface area contributed by atoms with Gasteiger partial charge in [0, 0.05) is 17.4 Å². The first-order valence-corrected chi connectivity index (χ1v) is 9.87. The van der Waals surface area contributed by atoms with Crippen molar-refractivity contribution in [3.8, 4) is 5.75 Å². The van der Waals surface area contributed by atoms with E-state index in [1.165, 1.54) is 11.0 Å². The van der Waals surface area contributed by atoms with E-state index >= 15 is 0 Å². The number of carbonyl (C=O) groups excluding carboxylic acids is 3. The van der Waals surface area contributed by atoms with Gasteiger partial charge in [-0.25, -0.2) is 0 Å². The Kier molecular flexibility index (Phi) is 4.62. The van der Waals surface area contributed by atoms with E-state index < -0.39 is 64.3 Å². The van der Waals surface area contributed by atoms with Crippen molar-refractivity contribution in [2.75, 3.05) is 14.1 Å². The second-order valence-corrected chi connectivity index (χ2v) is 8.69. The molecule has 0 heterocycles. The highest BCUT2D eigenvalue weighted by molar-refractivity contribution is 6.22. The lowest BCUT2D eigenvalue weighted by molar-refractivity contribution is -0.143. The van der Waals surface area contributed by atoms with Crippen LogP contribution in [0.25, 0.3) is 0 Å². The molecule has 0 aliphatic heterocycles. The molecule has 3 aliphatic carbocycles. The Labute approximate surface area is 178 Å². The summed E-state index contributed by atoms with van der Waals surface area (Å²) in [5.74, 6) is -6.36. The molecule has 31 heavy (non-hydrogen) atoms. The smallest absolute Gasteiger partial charge is 0.255 e. The average Bonchev–Trinajstić information content (AvgIpc) is 2.67. The number of primary amides is 1. The maximum absolute atomic E-state index is 13.3. The molecule has 1 amide bonds. The molecule has 4 rings (SSSR count). The number of amides is 1. The summed E-state index contributed by atoms with van der Waals surface area (Å²) in [7, 11) is 3.08. The number of nitrogens with zero attached hydrogens (tertiary/aromatic N) is 1. The Balaban J connectivity index is 2.02. The molecule has 6 atom stereocenters. The van der Waals surface area contributed by atoms with Gasteiger partial charge in [0.25, 0.3) is 5.91 Å². The second kappa shape index (κ2) is 6.74. The summed E-state index contributed by atoms with van der Waals surface area (Å²) in [6.45, 7) is 1.77. The van der Waals surface area contributed by atoms with Crippen molar-refractivity contribution in [3.63, 3.8) is 0 Å². The van der Waals surface area contributed by atoms with E-state index in [0.717, 1.165) is 6.08 Å². The van der Waals surface area contributed by atoms with Gasteiger partial charge in [0.1, 0.15) is 22.7 Å². The monoisotopic (exact) mass is 428 g/mol. The third kappa shape index (κ3) is 2.63. The zero-order valence-electron chi connectivity index (χ0n) is 17.2. The Morgan fingerprint density at radius 3 is 2.42 bits per heavy atom. The van der Waals surface area contributed by atoms with Gasteiger partial charge in [-0.15, -0.1) is 0 Å². The minimum Gasteiger partial charge on any atom is -0.508 e. The highest BCUT2D eigenvalue weighted by Crippen LogP contribution is 2.53. The molecule has 0 fully saturated rings. The van der Waals surface area contributed by atoms with Gasteiger partial charge in [-0.2, -0.15) is 0 Å². The predicted octanol–water partition coefficient (Wildman–Crippen LogP) is -0.233. The lowest BCUT2D eigenvalue weighted by Gasteiger charge is -2.52. The minimum atomic E-state index is -2.38. The Hall–Kier alpha value is -3.01. The van der Waals surface area contributed by atoms with E-state index in [2.05, 4.69) is 0 Å². The number of ketones is 2. The van der Waals surface area contributed by atoms with E-state index in [1.54, 1.807) is 33.2 Å². The van der Waals surface area contributed by atoms with Crippen LogP contribution in [0.2, 0.25) is 0 Å². The third-order valence-corrected chi connectivity index (χ3v) is 6.85. The summed E-state index contributed by atoms with van der Waals surface area (Å²) in [5, 5.41) is 43.9. The number of aromatic hydroxyl groups is 1. The van der Waals surface area contributed by atoms with Gasteiger partial charge in [-0.3, -0.25) is 19.3 Å². The topological polar surface area (TPSA) is 161 Å². The molecular formula is C22H24N2O7. The number of aliphatic hydroxyl groups excluding tert-OH is 2. The fourth-order valence-corrected chi connectivity index (χ4v) is 5.48. The number of hydrogen-bond acceptors (Lipinski definition) is 8. The zero-order chi connectivity index (χ0) is 23.0. The van der Waals surface area contributed by atoms with Crippen molar-refractivity contribution < 1.29 is 34.8 Å². The first-order valence-electron chi connectivity index (χ1n) is 9.87. The van der Waals surface area contributed by atoms with Crippen LogP contribution >= 0.6 is 0 Å². The number of phenols is 1. The van der Waals surface area contributed by atoms with E-state index in [-0.39, 0.29) is 16.9 Å². The Morgan fingerprint density at radius 2 is 1.84 bits per heavy atom. The van der Waals surface area contributed by atoms with Gasteiger partial charge in [-0.05, 0) is 37.7 Å². The number of nitrogens with two attached hydrogens (primary N) is 1. The van der Waals surface area contributed by atoms with Gasteiger partial charge in [-0.1, -0.05) is 19.1 Å². The highest BCUT2D eigenvalue weighted by Gasteiger charge is 2.62. The SMILES string of the molecule is C[C@H]1c2cccc(O)c2C(=O)C2=C[C@]3(O)C(O)=C(C(N)=O)C(=O)[C@@H](N(C)C)C3[C@@H](O)C21. The van der Waals surface area contributed by atoms with Gasteiger partial charge >= 0.3 is 0 Å². The van der Waals surface area contributed by atoms with Crippen molar-refractivity contribution in [3.05, 3.63) is 52.3 Å². The quantitative estimate of drug-likeness (QED) is 0.404. The number of likely N-dealkylation sites (N-methyl/N-ethyl adjacent to an activating group) is 1. The average molecular weight is 428 g/mol. The van der Waals surface area contributed by atoms with Crippen molar-refractivity contribution >= 4 is 17.5 Å². The van der Waals surface area contributed by atoms with Crippen molar-refractivity contribution in [1.29, 1.82) is 0 Å². The van der Waals surface area contributed by atoms with Crippen LogP contribution in [0.5, 0.6) is 5.75 Å². The van der Waals surface area contributed by atoms with Crippen LogP contribution in [0.4, 0.5) is 0 Å². The number of rotatable bonds is 2.